The van der Waals surface area contributed by atoms with Gasteiger partial charge in [0.15, 0.2) is 0 Å². The minimum Gasteiger partial charge on any atom is -0.496 e. The highest BCUT2D eigenvalue weighted by Crippen LogP contribution is 2.38. The summed E-state index contributed by atoms with van der Waals surface area (Å²) < 4.78 is 35.1. The molecule has 1 heterocycles. The van der Waals surface area contributed by atoms with E-state index >= 15 is 0 Å². The third-order valence-electron chi connectivity index (χ3n) is 8.20. The molecule has 5 rings (SSSR count). The molecule has 0 spiro atoms. The molecular formula is C36H41NO8. The summed E-state index contributed by atoms with van der Waals surface area (Å²) in [6, 6.07) is 25.7. The van der Waals surface area contributed by atoms with Gasteiger partial charge in [-0.25, -0.2) is 4.79 Å². The Balaban J connectivity index is 1.20. The molecule has 1 N–H and O–H groups in total. The lowest BCUT2D eigenvalue weighted by Gasteiger charge is -2.37. The van der Waals surface area contributed by atoms with E-state index in [0.717, 1.165) is 56.9 Å². The van der Waals surface area contributed by atoms with Crippen molar-refractivity contribution in [1.29, 1.82) is 0 Å². The Morgan fingerprint density at radius 1 is 0.822 bits per heavy atom. The normalized spacial score (nSPS) is 16.4. The summed E-state index contributed by atoms with van der Waals surface area (Å²) in [6.45, 7) is 2.57. The monoisotopic (exact) mass is 615 g/mol. The van der Waals surface area contributed by atoms with Crippen LogP contribution in [-0.2, 0) is 22.7 Å². The maximum atomic E-state index is 11.9. The van der Waals surface area contributed by atoms with Crippen molar-refractivity contribution >= 4 is 16.9 Å². The molecule has 1 aliphatic heterocycles. The van der Waals surface area contributed by atoms with E-state index in [4.69, 9.17) is 28.4 Å². The van der Waals surface area contributed by atoms with E-state index in [1.165, 1.54) is 4.90 Å². The third kappa shape index (κ3) is 7.79. The summed E-state index contributed by atoms with van der Waals surface area (Å²) in [5.74, 6) is 3.07. The Labute approximate surface area is 264 Å². The Kier molecular flexibility index (Phi) is 11.0. The highest BCUT2D eigenvalue weighted by atomic mass is 16.5. The number of amides is 1. The predicted molar refractivity (Wildman–Crippen MR) is 172 cm³/mol. The lowest BCUT2D eigenvalue weighted by Crippen LogP contribution is -2.46. The average Bonchev–Trinajstić information content (AvgIpc) is 3.08. The predicted octanol–water partition coefficient (Wildman–Crippen LogP) is 6.90. The van der Waals surface area contributed by atoms with Crippen LogP contribution in [0.25, 0.3) is 10.8 Å². The smallest absolute Gasteiger partial charge is 0.407 e. The molecule has 4 aromatic rings. The third-order valence-corrected chi connectivity index (χ3v) is 8.20. The van der Waals surface area contributed by atoms with E-state index in [0.29, 0.717) is 32.8 Å². The maximum Gasteiger partial charge on any atom is 0.407 e. The first kappa shape index (κ1) is 31.9. The van der Waals surface area contributed by atoms with Crippen molar-refractivity contribution in [1.82, 2.24) is 4.90 Å². The van der Waals surface area contributed by atoms with Gasteiger partial charge in [-0.2, -0.15) is 0 Å². The maximum absolute atomic E-state index is 11.9. The quantitative estimate of drug-likeness (QED) is 0.153. The van der Waals surface area contributed by atoms with Crippen LogP contribution >= 0.6 is 0 Å². The topological polar surface area (TPSA) is 95.9 Å². The minimum absolute atomic E-state index is 0.0198. The highest BCUT2D eigenvalue weighted by Gasteiger charge is 2.33. The van der Waals surface area contributed by atoms with Gasteiger partial charge >= 0.3 is 6.09 Å². The summed E-state index contributed by atoms with van der Waals surface area (Å²) >= 11 is 0. The Morgan fingerprint density at radius 2 is 1.56 bits per heavy atom. The van der Waals surface area contributed by atoms with Crippen LogP contribution in [0.15, 0.2) is 78.9 Å². The fourth-order valence-corrected chi connectivity index (χ4v) is 5.89. The van der Waals surface area contributed by atoms with Gasteiger partial charge in [-0.05, 0) is 36.2 Å². The van der Waals surface area contributed by atoms with Gasteiger partial charge < -0.3 is 38.4 Å². The van der Waals surface area contributed by atoms with E-state index in [1.54, 1.807) is 21.3 Å². The molecule has 0 radical (unpaired) electrons. The molecule has 2 atom stereocenters. The molecule has 0 saturated carbocycles. The molecule has 9 nitrogen and oxygen atoms in total. The Bertz CT molecular complexity index is 1560. The van der Waals surface area contributed by atoms with Crippen LogP contribution in [0.2, 0.25) is 0 Å². The molecule has 0 aliphatic carbocycles. The number of para-hydroxylation sites is 1. The van der Waals surface area contributed by atoms with Gasteiger partial charge in [0, 0.05) is 40.8 Å². The Hall–Kier alpha value is -4.47. The largest absolute Gasteiger partial charge is 0.496 e. The van der Waals surface area contributed by atoms with Gasteiger partial charge in [-0.1, -0.05) is 54.6 Å². The molecule has 45 heavy (non-hydrogen) atoms. The van der Waals surface area contributed by atoms with Gasteiger partial charge in [-0.15, -0.1) is 0 Å². The van der Waals surface area contributed by atoms with Gasteiger partial charge in [0.25, 0.3) is 0 Å². The number of hydrogen-bond acceptors (Lipinski definition) is 7. The van der Waals surface area contributed by atoms with Crippen LogP contribution in [0.1, 0.15) is 35.4 Å². The second-order valence-electron chi connectivity index (χ2n) is 10.9. The average molecular weight is 616 g/mol. The molecule has 9 heteroatoms. The number of ether oxygens (including phenoxy) is 6. The van der Waals surface area contributed by atoms with Crippen LogP contribution < -0.4 is 18.9 Å². The number of methoxy groups -OCH3 is 3. The zero-order chi connectivity index (χ0) is 31.6. The number of hydrogen-bond donors (Lipinski definition) is 1. The van der Waals surface area contributed by atoms with E-state index in [2.05, 4.69) is 0 Å². The van der Waals surface area contributed by atoms with Crippen molar-refractivity contribution in [2.75, 3.05) is 47.6 Å². The van der Waals surface area contributed by atoms with Crippen molar-refractivity contribution in [3.05, 3.63) is 95.6 Å². The van der Waals surface area contributed by atoms with Crippen molar-refractivity contribution in [3.63, 3.8) is 0 Å². The molecule has 1 amide bonds. The number of fused-ring (bicyclic) bond motifs is 1. The molecule has 1 fully saturated rings. The van der Waals surface area contributed by atoms with Gasteiger partial charge in [-0.3, -0.25) is 0 Å². The minimum atomic E-state index is -0.942. The summed E-state index contributed by atoms with van der Waals surface area (Å²) in [5.41, 5.74) is 2.94. The first-order valence-corrected chi connectivity index (χ1v) is 15.2. The summed E-state index contributed by atoms with van der Waals surface area (Å²) in [4.78, 5) is 13.3. The van der Waals surface area contributed by atoms with Gasteiger partial charge in [0.2, 0.25) is 0 Å². The molecular weight excluding hydrogens is 574 g/mol. The van der Waals surface area contributed by atoms with Gasteiger partial charge in [0.1, 0.15) is 23.0 Å². The molecule has 2 unspecified atom stereocenters. The van der Waals surface area contributed by atoms with Crippen molar-refractivity contribution < 1.29 is 38.3 Å². The molecule has 0 bridgehead atoms. The lowest BCUT2D eigenvalue weighted by atomic mass is 9.87. The summed E-state index contributed by atoms with van der Waals surface area (Å²) in [5, 5.41) is 11.6. The van der Waals surface area contributed by atoms with Crippen molar-refractivity contribution in [2.24, 2.45) is 0 Å². The van der Waals surface area contributed by atoms with E-state index in [9.17, 15) is 9.90 Å². The first-order chi connectivity index (χ1) is 22.0. The van der Waals surface area contributed by atoms with E-state index in [1.807, 2.05) is 78.9 Å². The SMILES string of the molecule is COc1ccccc1COCCCOc1ccc(C2CCN(C(=O)O)CC2OCc2cc(OC)c3ccccc3c2OC)cc1. The molecule has 0 aromatic heterocycles. The number of piperidine rings is 1. The Morgan fingerprint density at radius 3 is 2.29 bits per heavy atom. The first-order valence-electron chi connectivity index (χ1n) is 15.2. The lowest BCUT2D eigenvalue weighted by molar-refractivity contribution is -0.0204. The van der Waals surface area contributed by atoms with Crippen LogP contribution in [0.4, 0.5) is 4.79 Å². The highest BCUT2D eigenvalue weighted by molar-refractivity contribution is 5.94. The standard InChI is InChI=1S/C36H41NO8/c1-40-32-12-7-4-9-26(32)23-43-19-8-20-44-28-15-13-25(14-16-28)29-17-18-37(36(38)39)22-34(29)45-24-27-21-33(41-2)30-10-5-6-11-31(30)35(27)42-3/h4-7,9-16,21,29,34H,8,17-20,22-24H2,1-3H3,(H,38,39). The zero-order valence-corrected chi connectivity index (χ0v) is 26.1. The summed E-state index contributed by atoms with van der Waals surface area (Å²) in [7, 11) is 4.95. The molecule has 4 aromatic carbocycles. The number of benzene rings is 4. The molecule has 1 aliphatic rings. The second-order valence-corrected chi connectivity index (χ2v) is 10.9. The molecule has 1 saturated heterocycles. The molecule has 238 valence electrons. The van der Waals surface area contributed by atoms with Crippen LogP contribution in [0.3, 0.4) is 0 Å². The van der Waals surface area contributed by atoms with Crippen LogP contribution in [-0.4, -0.2) is 69.8 Å². The van der Waals surface area contributed by atoms with Crippen molar-refractivity contribution in [2.45, 2.75) is 38.1 Å². The fourth-order valence-electron chi connectivity index (χ4n) is 5.89. The van der Waals surface area contributed by atoms with Gasteiger partial charge in [0.05, 0.1) is 60.4 Å². The van der Waals surface area contributed by atoms with Crippen LogP contribution in [0.5, 0.6) is 23.0 Å². The second kappa shape index (κ2) is 15.5. The fraction of sp³-hybridized carbons (Fsp3) is 0.361. The number of rotatable bonds is 14. The number of carboxylic acid groups (broad SMARTS) is 1. The van der Waals surface area contributed by atoms with Crippen LogP contribution in [0, 0.1) is 0 Å². The number of likely N-dealkylation sites (tertiary alicyclic amines) is 1. The summed E-state index contributed by atoms with van der Waals surface area (Å²) in [6.07, 6.45) is 0.120. The number of nitrogens with zero attached hydrogens (tertiary/aromatic N) is 1. The van der Waals surface area contributed by atoms with E-state index in [-0.39, 0.29) is 25.2 Å². The number of carbonyl (C=O) groups is 1. The van der Waals surface area contributed by atoms with Crippen molar-refractivity contribution in [3.8, 4) is 23.0 Å². The van der Waals surface area contributed by atoms with E-state index < -0.39 is 6.09 Å². The zero-order valence-electron chi connectivity index (χ0n) is 26.1.